The van der Waals surface area contributed by atoms with Crippen LogP contribution in [0.5, 0.6) is 0 Å². The van der Waals surface area contributed by atoms with Crippen molar-refractivity contribution >= 4 is 22.9 Å². The van der Waals surface area contributed by atoms with Crippen molar-refractivity contribution in [1.29, 1.82) is 0 Å². The lowest BCUT2D eigenvalue weighted by atomic mass is 9.97. The zero-order chi connectivity index (χ0) is 23.9. The Balaban J connectivity index is 2.10. The molecule has 0 atom stereocenters. The van der Waals surface area contributed by atoms with E-state index in [4.69, 9.17) is 0 Å². The summed E-state index contributed by atoms with van der Waals surface area (Å²) in [5.41, 5.74) is 0.825. The summed E-state index contributed by atoms with van der Waals surface area (Å²) in [4.78, 5) is 3.79. The summed E-state index contributed by atoms with van der Waals surface area (Å²) in [7, 11) is 0. The molecule has 3 aromatic rings. The minimum atomic E-state index is -4.70. The molecule has 0 radical (unpaired) electrons. The maximum absolute atomic E-state index is 13.5. The summed E-state index contributed by atoms with van der Waals surface area (Å²) in [6.07, 6.45) is -1.83. The van der Waals surface area contributed by atoms with E-state index in [1.54, 1.807) is 24.1 Å². The molecular weight excluding hydrogens is 438 g/mol. The van der Waals surface area contributed by atoms with Crippen LogP contribution in [0, 0.1) is 11.2 Å². The first kappa shape index (κ1) is 24.6. The number of rotatable bonds is 5. The number of aromatic nitrogens is 2. The molecule has 0 spiro atoms. The zero-order valence-corrected chi connectivity index (χ0v) is 20.0. The topological polar surface area (TPSA) is 29.9 Å². The molecule has 0 saturated carbocycles. The highest BCUT2D eigenvalue weighted by atomic mass is 32.2. The van der Waals surface area contributed by atoms with Gasteiger partial charge in [-0.15, -0.1) is 0 Å². The molecule has 2 aromatic heterocycles. The minimum Gasteiger partial charge on any atom is -0.347 e. The number of hydrogen-bond acceptors (Lipinski definition) is 3. The fourth-order valence-electron chi connectivity index (χ4n) is 3.51. The van der Waals surface area contributed by atoms with Gasteiger partial charge in [-0.2, -0.15) is 13.2 Å². The van der Waals surface area contributed by atoms with Gasteiger partial charge in [-0.05, 0) is 43.9 Å². The fraction of sp³-hybridized carbons (Fsp3) is 0.458. The summed E-state index contributed by atoms with van der Waals surface area (Å²) in [6, 6.07) is 5.67. The maximum Gasteiger partial charge on any atom is 0.418 e. The van der Waals surface area contributed by atoms with Crippen LogP contribution in [0.15, 0.2) is 36.7 Å². The molecule has 3 rings (SSSR count). The van der Waals surface area contributed by atoms with Gasteiger partial charge in [-0.25, -0.2) is 4.39 Å². The molecule has 3 nitrogen and oxygen atoms in total. The van der Waals surface area contributed by atoms with Crippen molar-refractivity contribution in [3.05, 3.63) is 53.6 Å². The second-order valence-electron chi connectivity index (χ2n) is 10.2. The third kappa shape index (κ3) is 6.04. The number of fused-ring (bicyclic) bond motifs is 1. The minimum absolute atomic E-state index is 0.0297. The number of hydrogen-bond donors (Lipinski definition) is 1. The first-order chi connectivity index (χ1) is 14.6. The summed E-state index contributed by atoms with van der Waals surface area (Å²) in [5, 5.41) is 0.968. The molecule has 0 fully saturated rings. The summed E-state index contributed by atoms with van der Waals surface area (Å²) in [5.74, 6) is -1.01. The average molecular weight is 468 g/mol. The lowest BCUT2D eigenvalue weighted by Crippen LogP contribution is -2.16. The summed E-state index contributed by atoms with van der Waals surface area (Å²) >= 11 is 1.64. The molecule has 0 aliphatic rings. The van der Waals surface area contributed by atoms with Crippen LogP contribution < -0.4 is 4.72 Å². The number of pyridine rings is 1. The van der Waals surface area contributed by atoms with Crippen molar-refractivity contribution in [2.24, 2.45) is 5.41 Å². The monoisotopic (exact) mass is 467 g/mol. The van der Waals surface area contributed by atoms with Gasteiger partial charge in [0.1, 0.15) is 5.82 Å². The molecule has 174 valence electrons. The quantitative estimate of drug-likeness (QED) is 0.312. The van der Waals surface area contributed by atoms with Gasteiger partial charge in [0, 0.05) is 40.5 Å². The van der Waals surface area contributed by atoms with E-state index in [0.29, 0.717) is 24.7 Å². The van der Waals surface area contributed by atoms with Gasteiger partial charge in [-0.3, -0.25) is 9.71 Å². The highest BCUT2D eigenvalue weighted by Gasteiger charge is 2.35. The van der Waals surface area contributed by atoms with E-state index in [1.165, 1.54) is 0 Å². The Hall–Kier alpha value is -2.06. The van der Waals surface area contributed by atoms with Crippen LogP contribution in [0.25, 0.3) is 22.2 Å². The smallest absolute Gasteiger partial charge is 0.347 e. The number of alkyl halides is 3. The lowest BCUT2D eigenvalue weighted by molar-refractivity contribution is -0.137. The van der Waals surface area contributed by atoms with Crippen molar-refractivity contribution in [1.82, 2.24) is 14.3 Å². The van der Waals surface area contributed by atoms with Crippen molar-refractivity contribution < 1.29 is 17.6 Å². The molecule has 0 saturated heterocycles. The normalized spacial score (nSPS) is 13.2. The standard InChI is InChI=1S/C24H29F4N3S/c1-22(2,3)14-31-13-16(11-30-32-23(4,5)6)18-8-7-15(9-20(18)31)21-19(24(26,27)28)10-17(25)12-29-21/h7-10,12-13,30H,11,14H2,1-6H3. The second-order valence-corrected chi connectivity index (χ2v) is 11.9. The van der Waals surface area contributed by atoms with Crippen LogP contribution in [0.3, 0.4) is 0 Å². The number of halogens is 4. The third-order valence-corrected chi connectivity index (χ3v) is 5.58. The Bertz CT molecular complexity index is 1110. The SMILES string of the molecule is CC(C)(C)Cn1cc(CNSC(C)(C)C)c2ccc(-c3ncc(F)cc3C(F)(F)F)cc21. The Morgan fingerprint density at radius 2 is 1.72 bits per heavy atom. The highest BCUT2D eigenvalue weighted by Crippen LogP contribution is 2.38. The molecule has 32 heavy (non-hydrogen) atoms. The molecule has 0 unspecified atom stereocenters. The zero-order valence-electron chi connectivity index (χ0n) is 19.2. The van der Waals surface area contributed by atoms with E-state index in [9.17, 15) is 17.6 Å². The van der Waals surface area contributed by atoms with Crippen molar-refractivity contribution in [3.63, 3.8) is 0 Å². The van der Waals surface area contributed by atoms with Crippen LogP contribution >= 0.6 is 11.9 Å². The van der Waals surface area contributed by atoms with Crippen LogP contribution in [0.2, 0.25) is 0 Å². The van der Waals surface area contributed by atoms with Crippen molar-refractivity contribution in [2.75, 3.05) is 0 Å². The first-order valence-electron chi connectivity index (χ1n) is 10.4. The van der Waals surface area contributed by atoms with Crippen molar-refractivity contribution in [3.8, 4) is 11.3 Å². The van der Waals surface area contributed by atoms with Gasteiger partial charge in [0.25, 0.3) is 0 Å². The van der Waals surface area contributed by atoms with Crippen LogP contribution in [0.1, 0.15) is 52.7 Å². The van der Waals surface area contributed by atoms with Crippen LogP contribution in [-0.2, 0) is 19.3 Å². The van der Waals surface area contributed by atoms with Crippen LogP contribution in [0.4, 0.5) is 17.6 Å². The maximum atomic E-state index is 13.5. The van der Waals surface area contributed by atoms with E-state index in [-0.39, 0.29) is 15.9 Å². The molecule has 1 N–H and O–H groups in total. The molecular formula is C24H29F4N3S. The molecule has 0 aliphatic heterocycles. The van der Waals surface area contributed by atoms with E-state index in [0.717, 1.165) is 22.7 Å². The predicted molar refractivity (Wildman–Crippen MR) is 124 cm³/mol. The highest BCUT2D eigenvalue weighted by molar-refractivity contribution is 7.98. The van der Waals surface area contributed by atoms with Gasteiger partial charge in [-0.1, -0.05) is 44.9 Å². The summed E-state index contributed by atoms with van der Waals surface area (Å²) in [6.45, 7) is 14.0. The second kappa shape index (κ2) is 8.71. The van der Waals surface area contributed by atoms with Gasteiger partial charge in [0.2, 0.25) is 0 Å². The number of benzene rings is 1. The molecule has 0 aliphatic carbocycles. The molecule has 1 aromatic carbocycles. The fourth-order valence-corrected chi connectivity index (χ4v) is 4.17. The van der Waals surface area contributed by atoms with E-state index in [2.05, 4.69) is 62.0 Å². The number of nitrogens with zero attached hydrogens (tertiary/aromatic N) is 2. The predicted octanol–water partition coefficient (Wildman–Crippen LogP) is 7.44. The third-order valence-electron chi connectivity index (χ3n) is 4.68. The Morgan fingerprint density at radius 1 is 1.03 bits per heavy atom. The first-order valence-corrected chi connectivity index (χ1v) is 11.2. The van der Waals surface area contributed by atoms with E-state index < -0.39 is 17.6 Å². The average Bonchev–Trinajstić information content (AvgIpc) is 2.95. The van der Waals surface area contributed by atoms with E-state index in [1.807, 2.05) is 6.07 Å². The molecule has 0 amide bonds. The lowest BCUT2D eigenvalue weighted by Gasteiger charge is -2.20. The Labute approximate surface area is 190 Å². The van der Waals surface area contributed by atoms with Gasteiger partial charge < -0.3 is 4.57 Å². The molecule has 8 heteroatoms. The van der Waals surface area contributed by atoms with Crippen LogP contribution in [-0.4, -0.2) is 14.3 Å². The largest absolute Gasteiger partial charge is 0.418 e. The van der Waals surface area contributed by atoms with E-state index >= 15 is 0 Å². The van der Waals surface area contributed by atoms with Gasteiger partial charge in [0.05, 0.1) is 17.5 Å². The molecule has 0 bridgehead atoms. The molecule has 2 heterocycles. The summed E-state index contributed by atoms with van der Waals surface area (Å²) < 4.78 is 59.7. The van der Waals surface area contributed by atoms with Crippen molar-refractivity contribution in [2.45, 2.75) is 65.6 Å². The Kier molecular flexibility index (Phi) is 6.69. The number of nitrogens with one attached hydrogen (secondary N) is 1. The Morgan fingerprint density at radius 3 is 2.31 bits per heavy atom. The van der Waals surface area contributed by atoms with Gasteiger partial charge in [0.15, 0.2) is 0 Å². The van der Waals surface area contributed by atoms with Gasteiger partial charge >= 0.3 is 6.18 Å².